The van der Waals surface area contributed by atoms with Gasteiger partial charge < -0.3 is 30.2 Å². The van der Waals surface area contributed by atoms with Crippen molar-refractivity contribution >= 4 is 16.8 Å². The van der Waals surface area contributed by atoms with E-state index < -0.39 is 5.91 Å². The molecule has 7 nitrogen and oxygen atoms in total. The van der Waals surface area contributed by atoms with E-state index in [0.29, 0.717) is 56.2 Å². The summed E-state index contributed by atoms with van der Waals surface area (Å²) in [5, 5.41) is 13.6. The number of carbonyl (C=O) groups is 1. The van der Waals surface area contributed by atoms with Crippen LogP contribution in [0.15, 0.2) is 36.4 Å². The molecule has 0 unspecified atom stereocenters. The minimum absolute atomic E-state index is 0.0874. The number of aryl methyl sites for hydroxylation is 2. The molecule has 0 aliphatic heterocycles. The molecule has 8 heteroatoms. The van der Waals surface area contributed by atoms with Crippen LogP contribution in [0, 0.1) is 12.7 Å². The van der Waals surface area contributed by atoms with E-state index in [1.165, 1.54) is 12.1 Å². The second-order valence-corrected chi connectivity index (χ2v) is 8.39. The molecule has 3 aromatic rings. The first kappa shape index (κ1) is 25.5. The molecule has 3 rings (SSSR count). The van der Waals surface area contributed by atoms with Gasteiger partial charge in [0.15, 0.2) is 11.5 Å². The summed E-state index contributed by atoms with van der Waals surface area (Å²) < 4.78 is 26.7. The van der Waals surface area contributed by atoms with E-state index in [-0.39, 0.29) is 18.5 Å². The topological polar surface area (TPSA) is 98.7 Å². The number of hydrogen-bond acceptors (Lipinski definition) is 5. The third-order valence-electron chi connectivity index (χ3n) is 5.66. The quantitative estimate of drug-likeness (QED) is 0.331. The van der Waals surface area contributed by atoms with Crippen molar-refractivity contribution in [1.29, 1.82) is 0 Å². The van der Waals surface area contributed by atoms with Crippen LogP contribution in [0.25, 0.3) is 10.9 Å². The third kappa shape index (κ3) is 6.27. The Kier molecular flexibility index (Phi) is 8.90. The number of benzene rings is 2. The van der Waals surface area contributed by atoms with Gasteiger partial charge in [-0.3, -0.25) is 4.79 Å². The van der Waals surface area contributed by atoms with Gasteiger partial charge in [0, 0.05) is 42.9 Å². The second-order valence-electron chi connectivity index (χ2n) is 8.39. The first-order valence-corrected chi connectivity index (χ1v) is 11.7. The lowest BCUT2D eigenvalue weighted by Gasteiger charge is -2.17. The van der Waals surface area contributed by atoms with Crippen LogP contribution in [0.3, 0.4) is 0 Å². The number of aliphatic hydroxyl groups is 1. The van der Waals surface area contributed by atoms with E-state index in [2.05, 4.69) is 18.3 Å². The third-order valence-corrected chi connectivity index (χ3v) is 5.66. The lowest BCUT2D eigenvalue weighted by Crippen LogP contribution is -2.32. The molecular weight excluding hydrogens is 437 g/mol. The average Bonchev–Trinajstić information content (AvgIpc) is 3.10. The van der Waals surface area contributed by atoms with Crippen LogP contribution in [0.4, 0.5) is 4.39 Å². The van der Waals surface area contributed by atoms with Crippen molar-refractivity contribution in [2.75, 3.05) is 26.4 Å². The summed E-state index contributed by atoms with van der Waals surface area (Å²) in [7, 11) is 0. The van der Waals surface area contributed by atoms with Gasteiger partial charge in [-0.15, -0.1) is 0 Å². The standard InChI is InChI=1S/C26H34FN3O4/c1-4-33-24-16-21(27)6-7-23(24)34-11-8-29-17(2)12-19-14-20-13-18(3)30(9-5-10-31)25(20)22(15-19)26(28)32/h6-7,13-17,29,31H,4-5,8-12H2,1-3H3,(H2,28,32)/t17-/m1/s1. The summed E-state index contributed by atoms with van der Waals surface area (Å²) in [5.41, 5.74) is 9.07. The van der Waals surface area contributed by atoms with Crippen molar-refractivity contribution in [1.82, 2.24) is 9.88 Å². The minimum atomic E-state index is -0.464. The molecule has 0 spiro atoms. The molecule has 1 atom stereocenters. The highest BCUT2D eigenvalue weighted by atomic mass is 19.1. The van der Waals surface area contributed by atoms with Crippen molar-refractivity contribution in [3.8, 4) is 11.5 Å². The number of halogens is 1. The Morgan fingerprint density at radius 2 is 2.00 bits per heavy atom. The lowest BCUT2D eigenvalue weighted by atomic mass is 10.0. The summed E-state index contributed by atoms with van der Waals surface area (Å²) >= 11 is 0. The molecule has 1 heterocycles. The van der Waals surface area contributed by atoms with E-state index in [0.717, 1.165) is 22.2 Å². The van der Waals surface area contributed by atoms with Gasteiger partial charge in [0.25, 0.3) is 5.91 Å². The molecule has 1 aromatic heterocycles. The van der Waals surface area contributed by atoms with Crippen LogP contribution in [-0.4, -0.2) is 48.0 Å². The molecule has 0 bridgehead atoms. The molecule has 34 heavy (non-hydrogen) atoms. The second kappa shape index (κ2) is 11.9. The fraction of sp³-hybridized carbons (Fsp3) is 0.423. The molecule has 0 radical (unpaired) electrons. The number of fused-ring (bicyclic) bond motifs is 1. The predicted octanol–water partition coefficient (Wildman–Crippen LogP) is 3.57. The largest absolute Gasteiger partial charge is 0.490 e. The molecule has 1 amide bonds. The summed E-state index contributed by atoms with van der Waals surface area (Å²) in [6.07, 6.45) is 1.31. The van der Waals surface area contributed by atoms with Gasteiger partial charge >= 0.3 is 0 Å². The zero-order valence-electron chi connectivity index (χ0n) is 20.1. The van der Waals surface area contributed by atoms with Crippen LogP contribution in [-0.2, 0) is 13.0 Å². The number of nitrogens with one attached hydrogen (secondary N) is 1. The molecule has 0 saturated heterocycles. The lowest BCUT2D eigenvalue weighted by molar-refractivity contribution is 0.100. The number of aromatic nitrogens is 1. The number of ether oxygens (including phenoxy) is 2. The van der Waals surface area contributed by atoms with Gasteiger partial charge in [0.2, 0.25) is 0 Å². The predicted molar refractivity (Wildman–Crippen MR) is 131 cm³/mol. The van der Waals surface area contributed by atoms with E-state index in [4.69, 9.17) is 15.2 Å². The van der Waals surface area contributed by atoms with Crippen molar-refractivity contribution < 1.29 is 23.8 Å². The molecule has 0 aliphatic rings. The van der Waals surface area contributed by atoms with Gasteiger partial charge in [-0.05, 0) is 69.5 Å². The molecule has 4 N–H and O–H groups in total. The monoisotopic (exact) mass is 471 g/mol. The van der Waals surface area contributed by atoms with E-state index >= 15 is 0 Å². The highest BCUT2D eigenvalue weighted by Gasteiger charge is 2.16. The molecule has 184 valence electrons. The highest BCUT2D eigenvalue weighted by molar-refractivity contribution is 6.05. The zero-order chi connectivity index (χ0) is 24.7. The first-order valence-electron chi connectivity index (χ1n) is 11.7. The molecule has 0 fully saturated rings. The van der Waals surface area contributed by atoms with Crippen LogP contribution in [0.2, 0.25) is 0 Å². The maximum absolute atomic E-state index is 13.4. The Morgan fingerprint density at radius 1 is 1.21 bits per heavy atom. The fourth-order valence-electron chi connectivity index (χ4n) is 4.19. The van der Waals surface area contributed by atoms with Crippen LogP contribution in [0.5, 0.6) is 11.5 Å². The Bertz CT molecular complexity index is 1130. The number of amides is 1. The molecular formula is C26H34FN3O4. The van der Waals surface area contributed by atoms with E-state index in [1.54, 1.807) is 6.07 Å². The Morgan fingerprint density at radius 3 is 2.71 bits per heavy atom. The number of nitrogens with zero attached hydrogens (tertiary/aromatic N) is 1. The average molecular weight is 472 g/mol. The Labute approximate surface area is 199 Å². The van der Waals surface area contributed by atoms with Crippen LogP contribution >= 0.6 is 0 Å². The molecule has 2 aromatic carbocycles. The van der Waals surface area contributed by atoms with Crippen LogP contribution in [0.1, 0.15) is 41.9 Å². The van der Waals surface area contributed by atoms with Crippen molar-refractivity contribution in [3.63, 3.8) is 0 Å². The van der Waals surface area contributed by atoms with Crippen molar-refractivity contribution in [2.45, 2.75) is 46.2 Å². The Balaban J connectivity index is 1.63. The SMILES string of the molecule is CCOc1cc(F)ccc1OCCN[C@H](C)Cc1cc(C(N)=O)c2c(c1)cc(C)n2CCCO. The number of carbonyl (C=O) groups excluding carboxylic acids is 1. The minimum Gasteiger partial charge on any atom is -0.490 e. The first-order chi connectivity index (χ1) is 16.3. The smallest absolute Gasteiger partial charge is 0.250 e. The van der Waals surface area contributed by atoms with E-state index in [1.807, 2.05) is 30.5 Å². The van der Waals surface area contributed by atoms with Crippen LogP contribution < -0.4 is 20.5 Å². The number of primary amides is 1. The van der Waals surface area contributed by atoms with Gasteiger partial charge in [-0.1, -0.05) is 0 Å². The number of aliphatic hydroxyl groups excluding tert-OH is 1. The summed E-state index contributed by atoms with van der Waals surface area (Å²) in [6, 6.07) is 10.4. The summed E-state index contributed by atoms with van der Waals surface area (Å²) in [4.78, 5) is 12.2. The maximum atomic E-state index is 13.4. The van der Waals surface area contributed by atoms with Crippen molar-refractivity contribution in [3.05, 3.63) is 59.0 Å². The molecule has 0 saturated carbocycles. The van der Waals surface area contributed by atoms with E-state index in [9.17, 15) is 14.3 Å². The summed E-state index contributed by atoms with van der Waals surface area (Å²) in [5.74, 6) is 0.0711. The van der Waals surface area contributed by atoms with Gasteiger partial charge in [-0.25, -0.2) is 4.39 Å². The van der Waals surface area contributed by atoms with Gasteiger partial charge in [-0.2, -0.15) is 0 Å². The zero-order valence-corrected chi connectivity index (χ0v) is 20.1. The number of rotatable bonds is 13. The molecule has 0 aliphatic carbocycles. The van der Waals surface area contributed by atoms with Crippen molar-refractivity contribution in [2.24, 2.45) is 5.73 Å². The maximum Gasteiger partial charge on any atom is 0.250 e. The van der Waals surface area contributed by atoms with Gasteiger partial charge in [0.1, 0.15) is 12.4 Å². The number of hydrogen-bond donors (Lipinski definition) is 3. The normalized spacial score (nSPS) is 12.1. The highest BCUT2D eigenvalue weighted by Crippen LogP contribution is 2.28. The summed E-state index contributed by atoms with van der Waals surface area (Å²) in [6.45, 7) is 8.02. The Hall–Kier alpha value is -3.10. The van der Waals surface area contributed by atoms with Gasteiger partial charge in [0.05, 0.1) is 17.7 Å². The number of nitrogens with two attached hydrogens (primary N) is 1. The fourth-order valence-corrected chi connectivity index (χ4v) is 4.19.